The Hall–Kier alpha value is -1.72. The Morgan fingerprint density at radius 3 is 2.42 bits per heavy atom. The van der Waals surface area contributed by atoms with Gasteiger partial charge < -0.3 is 9.84 Å². The quantitative estimate of drug-likeness (QED) is 0.923. The molecule has 0 heterocycles. The number of aliphatic hydroxyl groups is 1. The van der Waals surface area contributed by atoms with Gasteiger partial charge in [0.2, 0.25) is 5.82 Å². The van der Waals surface area contributed by atoms with Gasteiger partial charge in [0.25, 0.3) is 0 Å². The predicted octanol–water partition coefficient (Wildman–Crippen LogP) is 4.04. The molecule has 2 nitrogen and oxygen atoms in total. The van der Waals surface area contributed by atoms with Crippen LogP contribution in [0, 0.1) is 17.5 Å². The molecule has 0 spiro atoms. The van der Waals surface area contributed by atoms with Crippen LogP contribution in [0.2, 0.25) is 5.02 Å². The van der Waals surface area contributed by atoms with Gasteiger partial charge in [-0.2, -0.15) is 4.39 Å². The normalized spacial score (nSPS) is 10.6. The third-order valence-corrected chi connectivity index (χ3v) is 2.72. The van der Waals surface area contributed by atoms with Crippen molar-refractivity contribution in [3.8, 4) is 11.5 Å². The van der Waals surface area contributed by atoms with Gasteiger partial charge in [0.15, 0.2) is 11.6 Å². The second-order valence-electron chi connectivity index (χ2n) is 3.69. The number of halogens is 4. The fourth-order valence-corrected chi connectivity index (χ4v) is 1.56. The van der Waals surface area contributed by atoms with Gasteiger partial charge in [-0.1, -0.05) is 11.6 Å². The standard InChI is InChI=1S/C13H8ClF3O2/c14-9-3-2-8(5-10(9)15)19-11-4-1-7(6-18)12(16)13(11)17/h1-5,18H,6H2. The first-order valence-electron chi connectivity index (χ1n) is 5.23. The zero-order chi connectivity index (χ0) is 14.0. The van der Waals surface area contributed by atoms with E-state index >= 15 is 0 Å². The molecule has 0 fully saturated rings. The van der Waals surface area contributed by atoms with Gasteiger partial charge in [-0.3, -0.25) is 0 Å². The van der Waals surface area contributed by atoms with Crippen molar-refractivity contribution >= 4 is 11.6 Å². The van der Waals surface area contributed by atoms with Crippen molar-refractivity contribution in [3.05, 3.63) is 58.4 Å². The Bertz CT molecular complexity index is 617. The Morgan fingerprint density at radius 2 is 1.79 bits per heavy atom. The largest absolute Gasteiger partial charge is 0.454 e. The molecule has 2 aromatic carbocycles. The van der Waals surface area contributed by atoms with Crippen molar-refractivity contribution in [1.82, 2.24) is 0 Å². The van der Waals surface area contributed by atoms with Crippen LogP contribution in [0.1, 0.15) is 5.56 Å². The Morgan fingerprint density at radius 1 is 1.05 bits per heavy atom. The highest BCUT2D eigenvalue weighted by Crippen LogP contribution is 2.29. The summed E-state index contributed by atoms with van der Waals surface area (Å²) in [4.78, 5) is 0. The zero-order valence-corrected chi connectivity index (χ0v) is 10.2. The number of benzene rings is 2. The average Bonchev–Trinajstić information content (AvgIpc) is 2.40. The highest BCUT2D eigenvalue weighted by Gasteiger charge is 2.15. The van der Waals surface area contributed by atoms with Gasteiger partial charge in [-0.15, -0.1) is 0 Å². The van der Waals surface area contributed by atoms with Crippen LogP contribution in [0.5, 0.6) is 11.5 Å². The molecule has 6 heteroatoms. The molecular weight excluding hydrogens is 281 g/mol. The molecule has 0 bridgehead atoms. The molecule has 0 radical (unpaired) electrons. The lowest BCUT2D eigenvalue weighted by atomic mass is 10.2. The number of hydrogen-bond donors (Lipinski definition) is 1. The summed E-state index contributed by atoms with van der Waals surface area (Å²) in [5.74, 6) is -3.60. The lowest BCUT2D eigenvalue weighted by Crippen LogP contribution is -1.97. The molecule has 19 heavy (non-hydrogen) atoms. The number of rotatable bonds is 3. The Balaban J connectivity index is 2.33. The van der Waals surface area contributed by atoms with Crippen LogP contribution < -0.4 is 4.74 Å². The number of ether oxygens (including phenoxy) is 1. The fraction of sp³-hybridized carbons (Fsp3) is 0.0769. The Kier molecular flexibility index (Phi) is 3.97. The highest BCUT2D eigenvalue weighted by molar-refractivity contribution is 6.30. The maximum Gasteiger partial charge on any atom is 0.201 e. The van der Waals surface area contributed by atoms with Crippen LogP contribution in [0.15, 0.2) is 30.3 Å². The maximum atomic E-state index is 13.6. The fourth-order valence-electron chi connectivity index (χ4n) is 1.44. The first kappa shape index (κ1) is 13.7. The summed E-state index contributed by atoms with van der Waals surface area (Å²) in [5, 5.41) is 8.68. The van der Waals surface area contributed by atoms with Crippen molar-refractivity contribution in [2.24, 2.45) is 0 Å². The van der Waals surface area contributed by atoms with Crippen LogP contribution in [-0.2, 0) is 6.61 Å². The molecule has 2 rings (SSSR count). The van der Waals surface area contributed by atoms with E-state index in [4.69, 9.17) is 21.4 Å². The molecular formula is C13H8ClF3O2. The van der Waals surface area contributed by atoms with Crippen LogP contribution in [0.4, 0.5) is 13.2 Å². The lowest BCUT2D eigenvalue weighted by molar-refractivity contribution is 0.272. The third-order valence-electron chi connectivity index (χ3n) is 2.42. The summed E-state index contributed by atoms with van der Waals surface area (Å²) < 4.78 is 45.2. The van der Waals surface area contributed by atoms with Gasteiger partial charge in [-0.25, -0.2) is 8.78 Å². The van der Waals surface area contributed by atoms with Crippen LogP contribution in [-0.4, -0.2) is 5.11 Å². The molecule has 0 saturated heterocycles. The van der Waals surface area contributed by atoms with E-state index in [1.165, 1.54) is 18.2 Å². The van der Waals surface area contributed by atoms with E-state index in [2.05, 4.69) is 0 Å². The summed E-state index contributed by atoms with van der Waals surface area (Å²) in [6, 6.07) is 5.85. The van der Waals surface area contributed by atoms with E-state index in [1.54, 1.807) is 0 Å². The molecule has 100 valence electrons. The first-order valence-corrected chi connectivity index (χ1v) is 5.61. The molecule has 1 N–H and O–H groups in total. The predicted molar refractivity (Wildman–Crippen MR) is 63.8 cm³/mol. The second-order valence-corrected chi connectivity index (χ2v) is 4.09. The van der Waals surface area contributed by atoms with Crippen LogP contribution >= 0.6 is 11.6 Å². The summed E-state index contributed by atoms with van der Waals surface area (Å²) >= 11 is 5.49. The van der Waals surface area contributed by atoms with Crippen molar-refractivity contribution in [3.63, 3.8) is 0 Å². The molecule has 0 amide bonds. The molecule has 0 unspecified atom stereocenters. The monoisotopic (exact) mass is 288 g/mol. The topological polar surface area (TPSA) is 29.5 Å². The van der Waals surface area contributed by atoms with E-state index in [0.29, 0.717) is 0 Å². The summed E-state index contributed by atoms with van der Waals surface area (Å²) in [6.07, 6.45) is 0. The van der Waals surface area contributed by atoms with Gasteiger partial charge >= 0.3 is 0 Å². The second kappa shape index (κ2) is 5.50. The molecule has 0 aliphatic rings. The van der Waals surface area contributed by atoms with Gasteiger partial charge in [0, 0.05) is 11.6 Å². The zero-order valence-electron chi connectivity index (χ0n) is 9.46. The van der Waals surface area contributed by atoms with Crippen molar-refractivity contribution in [2.45, 2.75) is 6.61 Å². The van der Waals surface area contributed by atoms with E-state index in [0.717, 1.165) is 12.1 Å². The molecule has 0 aliphatic heterocycles. The SMILES string of the molecule is OCc1ccc(Oc2ccc(Cl)c(F)c2)c(F)c1F. The van der Waals surface area contributed by atoms with Gasteiger partial charge in [0.05, 0.1) is 11.6 Å². The highest BCUT2D eigenvalue weighted by atomic mass is 35.5. The Labute approximate surface area is 112 Å². The van der Waals surface area contributed by atoms with Gasteiger partial charge in [-0.05, 0) is 24.3 Å². The van der Waals surface area contributed by atoms with Gasteiger partial charge in [0.1, 0.15) is 11.6 Å². The summed E-state index contributed by atoms with van der Waals surface area (Å²) in [6.45, 7) is -0.626. The van der Waals surface area contributed by atoms with Crippen molar-refractivity contribution in [2.75, 3.05) is 0 Å². The lowest BCUT2D eigenvalue weighted by Gasteiger charge is -2.09. The maximum absolute atomic E-state index is 13.6. The third kappa shape index (κ3) is 2.83. The average molecular weight is 289 g/mol. The minimum absolute atomic E-state index is 0.0167. The van der Waals surface area contributed by atoms with Crippen LogP contribution in [0.3, 0.4) is 0 Å². The molecule has 0 saturated carbocycles. The minimum Gasteiger partial charge on any atom is -0.454 e. The number of hydrogen-bond acceptors (Lipinski definition) is 2. The summed E-state index contributed by atoms with van der Waals surface area (Å²) in [5.41, 5.74) is -0.188. The van der Waals surface area contributed by atoms with E-state index < -0.39 is 29.8 Å². The van der Waals surface area contributed by atoms with E-state index in [-0.39, 0.29) is 16.3 Å². The molecule has 2 aromatic rings. The first-order chi connectivity index (χ1) is 9.02. The number of aliphatic hydroxyl groups excluding tert-OH is 1. The summed E-state index contributed by atoms with van der Waals surface area (Å²) in [7, 11) is 0. The minimum atomic E-state index is -1.25. The molecule has 0 aromatic heterocycles. The smallest absolute Gasteiger partial charge is 0.201 e. The molecule has 0 aliphatic carbocycles. The van der Waals surface area contributed by atoms with Crippen LogP contribution in [0.25, 0.3) is 0 Å². The van der Waals surface area contributed by atoms with Crippen molar-refractivity contribution in [1.29, 1.82) is 0 Å². The molecule has 0 atom stereocenters. The van der Waals surface area contributed by atoms with Crippen molar-refractivity contribution < 1.29 is 23.0 Å². The van der Waals surface area contributed by atoms with E-state index in [1.807, 2.05) is 0 Å². The van der Waals surface area contributed by atoms with E-state index in [9.17, 15) is 13.2 Å².